The van der Waals surface area contributed by atoms with Gasteiger partial charge in [-0.2, -0.15) is 0 Å². The van der Waals surface area contributed by atoms with Crippen molar-refractivity contribution >= 4 is 40.7 Å². The average Bonchev–Trinajstić information content (AvgIpc) is 2.79. The smallest absolute Gasteiger partial charge is 0.253 e. The van der Waals surface area contributed by atoms with E-state index >= 15 is 0 Å². The van der Waals surface area contributed by atoms with Crippen LogP contribution in [0.2, 0.25) is 10.0 Å². The molecule has 1 saturated heterocycles. The van der Waals surface area contributed by atoms with E-state index < -0.39 is 0 Å². The molecule has 164 valence electrons. The number of carbonyl (C=O) groups is 2. The molecule has 2 aliphatic rings. The topological polar surface area (TPSA) is 52.7 Å². The summed E-state index contributed by atoms with van der Waals surface area (Å²) in [4.78, 5) is 29.7. The Morgan fingerprint density at radius 2 is 1.90 bits per heavy atom. The number of likely N-dealkylation sites (tertiary alicyclic amines) is 1. The monoisotopic (exact) mass is 459 g/mol. The van der Waals surface area contributed by atoms with Crippen LogP contribution in [-0.2, 0) is 17.8 Å². The summed E-state index contributed by atoms with van der Waals surface area (Å²) in [5, 5.41) is 3.85. The van der Waals surface area contributed by atoms with Gasteiger partial charge in [-0.3, -0.25) is 9.59 Å². The summed E-state index contributed by atoms with van der Waals surface area (Å²) < 4.78 is 0. The normalized spacial score (nSPS) is 18.5. The van der Waals surface area contributed by atoms with Gasteiger partial charge < -0.3 is 15.1 Å². The van der Waals surface area contributed by atoms with Gasteiger partial charge >= 0.3 is 0 Å². The highest BCUT2D eigenvalue weighted by atomic mass is 35.5. The molecule has 0 aromatic heterocycles. The van der Waals surface area contributed by atoms with Crippen LogP contribution in [0.1, 0.15) is 40.7 Å². The second-order valence-electron chi connectivity index (χ2n) is 8.43. The first kappa shape index (κ1) is 22.0. The van der Waals surface area contributed by atoms with Gasteiger partial charge in [-0.05, 0) is 61.1 Å². The largest absolute Gasteiger partial charge is 0.374 e. The van der Waals surface area contributed by atoms with Crippen molar-refractivity contribution in [1.29, 1.82) is 0 Å². The summed E-state index contributed by atoms with van der Waals surface area (Å²) in [6, 6.07) is 11.3. The molecule has 7 heteroatoms. The van der Waals surface area contributed by atoms with Crippen LogP contribution in [0.25, 0.3) is 0 Å². The van der Waals surface area contributed by atoms with Gasteiger partial charge in [-0.25, -0.2) is 0 Å². The molecule has 2 heterocycles. The van der Waals surface area contributed by atoms with E-state index in [1.165, 1.54) is 11.3 Å². The molecule has 1 unspecified atom stereocenters. The highest BCUT2D eigenvalue weighted by Crippen LogP contribution is 2.27. The second-order valence-corrected chi connectivity index (χ2v) is 9.24. The van der Waals surface area contributed by atoms with Crippen molar-refractivity contribution in [3.63, 3.8) is 0 Å². The van der Waals surface area contributed by atoms with Gasteiger partial charge in [-0.15, -0.1) is 0 Å². The van der Waals surface area contributed by atoms with Crippen LogP contribution < -0.4 is 10.2 Å². The number of benzene rings is 2. The molecule has 0 bridgehead atoms. The zero-order valence-electron chi connectivity index (χ0n) is 17.7. The maximum atomic E-state index is 12.9. The molecule has 4 rings (SSSR count). The predicted molar refractivity (Wildman–Crippen MR) is 125 cm³/mol. The van der Waals surface area contributed by atoms with E-state index in [1.54, 1.807) is 23.1 Å². The Bertz CT molecular complexity index is 995. The third kappa shape index (κ3) is 4.99. The number of aryl methyl sites for hydroxylation is 1. The van der Waals surface area contributed by atoms with Crippen LogP contribution in [0, 0.1) is 5.92 Å². The van der Waals surface area contributed by atoms with Crippen molar-refractivity contribution in [3.05, 3.63) is 63.1 Å². The van der Waals surface area contributed by atoms with Crippen molar-refractivity contribution in [1.82, 2.24) is 10.2 Å². The Balaban J connectivity index is 1.35. The number of hydrogen-bond donors (Lipinski definition) is 1. The van der Waals surface area contributed by atoms with E-state index in [-0.39, 0.29) is 17.7 Å². The quantitative estimate of drug-likeness (QED) is 0.729. The number of halogens is 2. The van der Waals surface area contributed by atoms with E-state index in [0.29, 0.717) is 35.2 Å². The van der Waals surface area contributed by atoms with E-state index in [9.17, 15) is 9.59 Å². The van der Waals surface area contributed by atoms with E-state index in [1.807, 2.05) is 0 Å². The van der Waals surface area contributed by atoms with E-state index in [4.69, 9.17) is 23.2 Å². The maximum absolute atomic E-state index is 12.9. The molecular formula is C24H27Cl2N3O2. The molecule has 1 N–H and O–H groups in total. The number of nitrogens with zero attached hydrogens (tertiary/aromatic N) is 2. The van der Waals surface area contributed by atoms with Gasteiger partial charge in [0.05, 0.1) is 16.0 Å². The van der Waals surface area contributed by atoms with Crippen LogP contribution >= 0.6 is 23.2 Å². The van der Waals surface area contributed by atoms with Crippen molar-refractivity contribution in [3.8, 4) is 0 Å². The van der Waals surface area contributed by atoms with Gasteiger partial charge in [-0.1, -0.05) is 35.3 Å². The lowest BCUT2D eigenvalue weighted by atomic mass is 9.96. The van der Waals surface area contributed by atoms with Gasteiger partial charge in [0, 0.05) is 44.5 Å². The molecular weight excluding hydrogens is 433 g/mol. The highest BCUT2D eigenvalue weighted by molar-refractivity contribution is 6.42. The first-order chi connectivity index (χ1) is 14.9. The maximum Gasteiger partial charge on any atom is 0.253 e. The molecule has 0 spiro atoms. The zero-order chi connectivity index (χ0) is 22.0. The van der Waals surface area contributed by atoms with Gasteiger partial charge in [0.25, 0.3) is 5.91 Å². The van der Waals surface area contributed by atoms with Gasteiger partial charge in [0.15, 0.2) is 0 Å². The third-order valence-corrected chi connectivity index (χ3v) is 6.95. The fourth-order valence-electron chi connectivity index (χ4n) is 4.47. The van der Waals surface area contributed by atoms with Crippen LogP contribution in [0.4, 0.5) is 5.69 Å². The number of amides is 2. The van der Waals surface area contributed by atoms with Crippen LogP contribution in [0.5, 0.6) is 0 Å². The molecule has 31 heavy (non-hydrogen) atoms. The summed E-state index contributed by atoms with van der Waals surface area (Å²) in [6.07, 6.45) is 3.82. The van der Waals surface area contributed by atoms with Crippen molar-refractivity contribution in [2.24, 2.45) is 5.92 Å². The van der Waals surface area contributed by atoms with Crippen LogP contribution in [0.15, 0.2) is 36.4 Å². The SMILES string of the molecule is CN1CCCc2cc(CNC(=O)C3CCCN(C(=O)c4ccc(Cl)c(Cl)c4)C3)ccc21. The standard InChI is InChI=1S/C24H27Cl2N3O2/c1-28-10-2-4-17-12-16(6-9-22(17)28)14-27-23(30)19-5-3-11-29(15-19)24(31)18-7-8-20(25)21(26)13-18/h6-9,12-13,19H,2-5,10-11,14-15H2,1H3,(H,27,30). The minimum Gasteiger partial charge on any atom is -0.374 e. The first-order valence-electron chi connectivity index (χ1n) is 10.8. The fraction of sp³-hybridized carbons (Fsp3) is 0.417. The predicted octanol–water partition coefficient (Wildman–Crippen LogP) is 4.54. The van der Waals surface area contributed by atoms with Crippen LogP contribution in [0.3, 0.4) is 0 Å². The number of carbonyl (C=O) groups excluding carboxylic acids is 2. The van der Waals surface area contributed by atoms with Crippen molar-refractivity contribution in [2.75, 3.05) is 31.6 Å². The summed E-state index contributed by atoms with van der Waals surface area (Å²) in [6.45, 7) is 2.65. The number of fused-ring (bicyclic) bond motifs is 1. The van der Waals surface area contributed by atoms with Crippen molar-refractivity contribution < 1.29 is 9.59 Å². The average molecular weight is 460 g/mol. The lowest BCUT2D eigenvalue weighted by Gasteiger charge is -2.32. The Hall–Kier alpha value is -2.24. The summed E-state index contributed by atoms with van der Waals surface area (Å²) in [5.74, 6) is -0.319. The van der Waals surface area contributed by atoms with Crippen LogP contribution in [-0.4, -0.2) is 43.4 Å². The Morgan fingerprint density at radius 3 is 2.71 bits per heavy atom. The molecule has 1 fully saturated rings. The molecule has 2 aromatic rings. The van der Waals surface area contributed by atoms with E-state index in [0.717, 1.165) is 37.8 Å². The molecule has 5 nitrogen and oxygen atoms in total. The molecule has 0 radical (unpaired) electrons. The Morgan fingerprint density at radius 1 is 1.06 bits per heavy atom. The second kappa shape index (κ2) is 9.49. The van der Waals surface area contributed by atoms with E-state index in [2.05, 4.69) is 35.5 Å². The summed E-state index contributed by atoms with van der Waals surface area (Å²) in [5.41, 5.74) is 4.23. The fourth-order valence-corrected chi connectivity index (χ4v) is 4.77. The lowest BCUT2D eigenvalue weighted by molar-refractivity contribution is -0.126. The molecule has 2 amide bonds. The summed E-state index contributed by atoms with van der Waals surface area (Å²) >= 11 is 12.0. The molecule has 1 atom stereocenters. The molecule has 2 aliphatic heterocycles. The molecule has 0 aliphatic carbocycles. The van der Waals surface area contributed by atoms with Gasteiger partial charge in [0.1, 0.15) is 0 Å². The first-order valence-corrected chi connectivity index (χ1v) is 11.5. The number of hydrogen-bond acceptors (Lipinski definition) is 3. The molecule has 2 aromatic carbocycles. The zero-order valence-corrected chi connectivity index (χ0v) is 19.2. The minimum atomic E-state index is -0.204. The minimum absolute atomic E-state index is 0.00137. The molecule has 0 saturated carbocycles. The van der Waals surface area contributed by atoms with Gasteiger partial charge in [0.2, 0.25) is 5.91 Å². The lowest BCUT2D eigenvalue weighted by Crippen LogP contribution is -2.45. The third-order valence-electron chi connectivity index (χ3n) is 6.21. The number of nitrogens with one attached hydrogen (secondary N) is 1. The highest BCUT2D eigenvalue weighted by Gasteiger charge is 2.29. The van der Waals surface area contributed by atoms with Crippen molar-refractivity contribution in [2.45, 2.75) is 32.2 Å². The Kier molecular flexibility index (Phi) is 6.73. The number of rotatable bonds is 4. The summed E-state index contributed by atoms with van der Waals surface area (Å²) in [7, 11) is 2.12. The number of piperidine rings is 1. The Labute approximate surface area is 193 Å². The number of anilines is 1.